The minimum Gasteiger partial charge on any atom is -0.376 e. The van der Waals surface area contributed by atoms with E-state index in [1.807, 2.05) is 6.92 Å². The van der Waals surface area contributed by atoms with E-state index >= 15 is 0 Å². The minimum absolute atomic E-state index is 0.116. The van der Waals surface area contributed by atoms with Crippen molar-refractivity contribution in [2.45, 2.75) is 42.9 Å². The molecule has 2 fully saturated rings. The molecular formula is C14H23N3O4S. The second kappa shape index (κ2) is 5.92. The summed E-state index contributed by atoms with van der Waals surface area (Å²) in [6.07, 6.45) is 5.47. The second-order valence-electron chi connectivity index (χ2n) is 6.06. The van der Waals surface area contributed by atoms with Crippen molar-refractivity contribution in [3.63, 3.8) is 0 Å². The number of hydrogen-bond donors (Lipinski definition) is 0. The van der Waals surface area contributed by atoms with Crippen LogP contribution in [0.4, 0.5) is 0 Å². The third kappa shape index (κ3) is 2.92. The van der Waals surface area contributed by atoms with E-state index in [-0.39, 0.29) is 16.7 Å². The van der Waals surface area contributed by atoms with E-state index in [1.165, 1.54) is 16.8 Å². The number of piperidine rings is 1. The molecule has 0 bridgehead atoms. The normalized spacial score (nSPS) is 25.8. The van der Waals surface area contributed by atoms with Gasteiger partial charge in [0.25, 0.3) is 10.0 Å². The number of nitrogens with zero attached hydrogens (tertiary/aromatic N) is 3. The van der Waals surface area contributed by atoms with Gasteiger partial charge in [-0.1, -0.05) is 0 Å². The molecule has 0 aliphatic carbocycles. The Kier molecular flexibility index (Phi) is 4.28. The molecule has 0 saturated carbocycles. The van der Waals surface area contributed by atoms with E-state index in [4.69, 9.17) is 9.47 Å². The predicted octanol–water partition coefficient (Wildman–Crippen LogP) is 0.769. The molecular weight excluding hydrogens is 306 g/mol. The van der Waals surface area contributed by atoms with Crippen molar-refractivity contribution in [3.05, 3.63) is 12.5 Å². The summed E-state index contributed by atoms with van der Waals surface area (Å²) in [6, 6.07) is 0. The highest BCUT2D eigenvalue weighted by atomic mass is 32.2. The summed E-state index contributed by atoms with van der Waals surface area (Å²) < 4.78 is 39.8. The van der Waals surface area contributed by atoms with Gasteiger partial charge in [0.05, 0.1) is 24.6 Å². The fraction of sp³-hybridized carbons (Fsp3) is 0.786. The standard InChI is InChI=1S/C14H23N3O4S/c1-3-20-12-8-14(21-10-12)4-6-17(7-5-14)22(18,19)13-9-16(2)11-15-13/h9,11-12H,3-8,10H2,1-2H3/t12-/m1/s1. The lowest BCUT2D eigenvalue weighted by Crippen LogP contribution is -2.46. The first-order valence-electron chi connectivity index (χ1n) is 7.69. The van der Waals surface area contributed by atoms with Gasteiger partial charge in [0.2, 0.25) is 0 Å². The van der Waals surface area contributed by atoms with Gasteiger partial charge in [-0.3, -0.25) is 0 Å². The Hall–Kier alpha value is -0.960. The zero-order valence-electron chi connectivity index (χ0n) is 13.1. The highest BCUT2D eigenvalue weighted by Crippen LogP contribution is 2.38. The van der Waals surface area contributed by atoms with Crippen molar-refractivity contribution < 1.29 is 17.9 Å². The number of hydrogen-bond acceptors (Lipinski definition) is 5. The van der Waals surface area contributed by atoms with E-state index in [2.05, 4.69) is 4.98 Å². The fourth-order valence-corrected chi connectivity index (χ4v) is 4.69. The Bertz CT molecular complexity index is 620. The van der Waals surface area contributed by atoms with Gasteiger partial charge in [0.15, 0.2) is 5.03 Å². The summed E-state index contributed by atoms with van der Waals surface area (Å²) >= 11 is 0. The molecule has 8 heteroatoms. The first kappa shape index (κ1) is 15.9. The molecule has 3 heterocycles. The minimum atomic E-state index is -3.50. The SMILES string of the molecule is CCO[C@H]1COC2(CCN(S(=O)(=O)c3cn(C)cn3)CC2)C1. The second-order valence-corrected chi connectivity index (χ2v) is 7.94. The molecule has 0 N–H and O–H groups in total. The third-order valence-corrected chi connectivity index (χ3v) is 6.28. The lowest BCUT2D eigenvalue weighted by atomic mass is 9.89. The summed E-state index contributed by atoms with van der Waals surface area (Å²) in [4.78, 5) is 3.97. The number of aryl methyl sites for hydroxylation is 1. The molecule has 0 unspecified atom stereocenters. The largest absolute Gasteiger partial charge is 0.376 e. The molecule has 2 saturated heterocycles. The van der Waals surface area contributed by atoms with Gasteiger partial charge in [-0.2, -0.15) is 4.31 Å². The van der Waals surface area contributed by atoms with Crippen molar-refractivity contribution >= 4 is 10.0 Å². The van der Waals surface area contributed by atoms with Crippen LogP contribution in [0.15, 0.2) is 17.6 Å². The highest BCUT2D eigenvalue weighted by molar-refractivity contribution is 7.89. The fourth-order valence-electron chi connectivity index (χ4n) is 3.28. The van der Waals surface area contributed by atoms with Crippen molar-refractivity contribution in [1.82, 2.24) is 13.9 Å². The first-order chi connectivity index (χ1) is 10.5. The van der Waals surface area contributed by atoms with Crippen molar-refractivity contribution in [3.8, 4) is 0 Å². The van der Waals surface area contributed by atoms with Gasteiger partial charge in [-0.05, 0) is 19.8 Å². The van der Waals surface area contributed by atoms with Gasteiger partial charge in [-0.25, -0.2) is 13.4 Å². The number of aromatic nitrogens is 2. The lowest BCUT2D eigenvalue weighted by molar-refractivity contribution is -0.0336. The van der Waals surface area contributed by atoms with E-state index in [0.29, 0.717) is 39.1 Å². The zero-order valence-corrected chi connectivity index (χ0v) is 13.9. The van der Waals surface area contributed by atoms with Gasteiger partial charge in [0, 0.05) is 39.4 Å². The summed E-state index contributed by atoms with van der Waals surface area (Å²) in [6.45, 7) is 4.22. The molecule has 2 aliphatic heterocycles. The van der Waals surface area contributed by atoms with Crippen LogP contribution in [0.1, 0.15) is 26.2 Å². The highest BCUT2D eigenvalue weighted by Gasteiger charge is 2.45. The van der Waals surface area contributed by atoms with Crippen LogP contribution in [-0.4, -0.2) is 60.3 Å². The Morgan fingerprint density at radius 2 is 2.18 bits per heavy atom. The Balaban J connectivity index is 1.65. The molecule has 3 rings (SSSR count). The van der Waals surface area contributed by atoms with Crippen molar-refractivity contribution in [2.24, 2.45) is 7.05 Å². The first-order valence-corrected chi connectivity index (χ1v) is 9.13. The Morgan fingerprint density at radius 3 is 2.77 bits per heavy atom. The van der Waals surface area contributed by atoms with Gasteiger partial charge in [0.1, 0.15) is 0 Å². The van der Waals surface area contributed by atoms with E-state index < -0.39 is 10.0 Å². The van der Waals surface area contributed by atoms with Crippen LogP contribution in [-0.2, 0) is 26.5 Å². The zero-order chi connectivity index (χ0) is 15.8. The molecule has 0 aromatic carbocycles. The average molecular weight is 329 g/mol. The molecule has 124 valence electrons. The summed E-state index contributed by atoms with van der Waals surface area (Å²) in [7, 11) is -1.74. The van der Waals surface area contributed by atoms with Crippen LogP contribution >= 0.6 is 0 Å². The van der Waals surface area contributed by atoms with Gasteiger partial charge in [-0.15, -0.1) is 0 Å². The molecule has 0 amide bonds. The van der Waals surface area contributed by atoms with Crippen LogP contribution in [0, 0.1) is 0 Å². The predicted molar refractivity (Wildman–Crippen MR) is 79.9 cm³/mol. The lowest BCUT2D eigenvalue weighted by Gasteiger charge is -2.37. The number of ether oxygens (including phenoxy) is 2. The maximum atomic E-state index is 12.6. The maximum absolute atomic E-state index is 12.6. The van der Waals surface area contributed by atoms with Crippen LogP contribution < -0.4 is 0 Å². The molecule has 1 aromatic heterocycles. The molecule has 7 nitrogen and oxygen atoms in total. The Morgan fingerprint density at radius 1 is 1.45 bits per heavy atom. The van der Waals surface area contributed by atoms with Crippen LogP contribution in [0.2, 0.25) is 0 Å². The summed E-state index contributed by atoms with van der Waals surface area (Å²) in [5, 5.41) is 0.116. The molecule has 22 heavy (non-hydrogen) atoms. The van der Waals surface area contributed by atoms with Gasteiger partial charge >= 0.3 is 0 Å². The topological polar surface area (TPSA) is 73.7 Å². The van der Waals surface area contributed by atoms with Crippen molar-refractivity contribution in [1.29, 1.82) is 0 Å². The molecule has 1 spiro atoms. The molecule has 1 aromatic rings. The Labute approximate surface area is 131 Å². The average Bonchev–Trinajstić information content (AvgIpc) is 3.08. The van der Waals surface area contributed by atoms with Crippen LogP contribution in [0.5, 0.6) is 0 Å². The third-order valence-electron chi connectivity index (χ3n) is 4.50. The number of rotatable bonds is 4. The molecule has 1 atom stereocenters. The quantitative estimate of drug-likeness (QED) is 0.816. The van der Waals surface area contributed by atoms with E-state index in [1.54, 1.807) is 11.6 Å². The number of imidazole rings is 1. The summed E-state index contributed by atoms with van der Waals surface area (Å²) in [5.41, 5.74) is -0.212. The summed E-state index contributed by atoms with van der Waals surface area (Å²) in [5.74, 6) is 0. The van der Waals surface area contributed by atoms with Gasteiger partial charge < -0.3 is 14.0 Å². The van der Waals surface area contributed by atoms with E-state index in [0.717, 1.165) is 6.42 Å². The smallest absolute Gasteiger partial charge is 0.262 e. The monoisotopic (exact) mass is 329 g/mol. The molecule has 2 aliphatic rings. The molecule has 0 radical (unpaired) electrons. The van der Waals surface area contributed by atoms with Crippen molar-refractivity contribution in [2.75, 3.05) is 26.3 Å². The van der Waals surface area contributed by atoms with Crippen LogP contribution in [0.3, 0.4) is 0 Å². The van der Waals surface area contributed by atoms with E-state index in [9.17, 15) is 8.42 Å². The number of sulfonamides is 1. The van der Waals surface area contributed by atoms with Crippen LogP contribution in [0.25, 0.3) is 0 Å². The maximum Gasteiger partial charge on any atom is 0.262 e.